The van der Waals surface area contributed by atoms with Crippen LogP contribution in [-0.4, -0.2) is 31.1 Å². The molecule has 1 aromatic rings. The van der Waals surface area contributed by atoms with Crippen molar-refractivity contribution in [2.75, 3.05) is 20.2 Å². The predicted octanol–water partition coefficient (Wildman–Crippen LogP) is 4.02. The van der Waals surface area contributed by atoms with Gasteiger partial charge in [-0.25, -0.2) is 0 Å². The lowest BCUT2D eigenvalue weighted by Gasteiger charge is -2.52. The molecule has 1 saturated heterocycles. The van der Waals surface area contributed by atoms with Crippen molar-refractivity contribution in [1.29, 1.82) is 0 Å². The second kappa shape index (κ2) is 5.64. The van der Waals surface area contributed by atoms with Crippen LogP contribution in [0.5, 0.6) is 5.75 Å². The zero-order chi connectivity index (χ0) is 15.0. The summed E-state index contributed by atoms with van der Waals surface area (Å²) in [7, 11) is 1.77. The summed E-state index contributed by atoms with van der Waals surface area (Å²) in [5.41, 5.74) is 3.30. The number of likely N-dealkylation sites (tertiary alicyclic amines) is 1. The molecular weight excluding hydrogens is 258 g/mol. The van der Waals surface area contributed by atoms with E-state index in [1.807, 2.05) is 0 Å². The van der Waals surface area contributed by atoms with Crippen LogP contribution in [0.4, 0.5) is 0 Å². The van der Waals surface area contributed by atoms with Gasteiger partial charge in [0.1, 0.15) is 5.75 Å². The van der Waals surface area contributed by atoms with Crippen molar-refractivity contribution in [1.82, 2.24) is 4.90 Å². The van der Waals surface area contributed by atoms with Gasteiger partial charge in [-0.2, -0.15) is 0 Å². The average molecular weight is 287 g/mol. The molecule has 0 amide bonds. The number of hydrogen-bond donors (Lipinski definition) is 0. The molecule has 1 fully saturated rings. The minimum Gasteiger partial charge on any atom is -0.497 e. The fourth-order valence-corrected chi connectivity index (χ4v) is 4.69. The fraction of sp³-hybridized carbons (Fsp3) is 0.684. The number of ether oxygens (including phenoxy) is 1. The summed E-state index contributed by atoms with van der Waals surface area (Å²) < 4.78 is 5.46. The first kappa shape index (κ1) is 14.9. The van der Waals surface area contributed by atoms with Crippen LogP contribution in [0.3, 0.4) is 0 Å². The average Bonchev–Trinajstić information content (AvgIpc) is 2.48. The standard InChI is InChI=1S/C19H29NO/c1-5-10-20-11-6-7-16-18(20)12-14-8-9-15(21-4)13-17(14)19(16,2)3/h8-9,13,16,18H,5-7,10-12H2,1-4H3. The van der Waals surface area contributed by atoms with Gasteiger partial charge in [0.25, 0.3) is 0 Å². The van der Waals surface area contributed by atoms with Crippen molar-refractivity contribution in [3.05, 3.63) is 29.3 Å². The Labute approximate surface area is 129 Å². The SMILES string of the molecule is CCCN1CCCC2C1Cc1ccc(OC)cc1C2(C)C. The topological polar surface area (TPSA) is 12.5 Å². The predicted molar refractivity (Wildman–Crippen MR) is 88.1 cm³/mol. The molecule has 1 aliphatic carbocycles. The molecule has 1 aliphatic heterocycles. The van der Waals surface area contributed by atoms with E-state index in [0.29, 0.717) is 0 Å². The van der Waals surface area contributed by atoms with Crippen molar-refractivity contribution in [3.63, 3.8) is 0 Å². The van der Waals surface area contributed by atoms with Crippen LogP contribution in [0.25, 0.3) is 0 Å². The molecule has 0 radical (unpaired) electrons. The molecule has 0 spiro atoms. The van der Waals surface area contributed by atoms with Gasteiger partial charge in [0.15, 0.2) is 0 Å². The summed E-state index contributed by atoms with van der Waals surface area (Å²) in [4.78, 5) is 2.75. The molecule has 1 heterocycles. The Morgan fingerprint density at radius 2 is 2.14 bits per heavy atom. The highest BCUT2D eigenvalue weighted by atomic mass is 16.5. The third kappa shape index (κ3) is 2.48. The van der Waals surface area contributed by atoms with Crippen molar-refractivity contribution in [3.8, 4) is 5.75 Å². The van der Waals surface area contributed by atoms with E-state index in [4.69, 9.17) is 4.74 Å². The second-order valence-corrected chi connectivity index (χ2v) is 7.30. The second-order valence-electron chi connectivity index (χ2n) is 7.30. The monoisotopic (exact) mass is 287 g/mol. The lowest BCUT2D eigenvalue weighted by molar-refractivity contribution is 0.0442. The Balaban J connectivity index is 2.00. The maximum absolute atomic E-state index is 5.46. The highest BCUT2D eigenvalue weighted by molar-refractivity contribution is 5.43. The summed E-state index contributed by atoms with van der Waals surface area (Å²) in [5, 5.41) is 0. The molecule has 21 heavy (non-hydrogen) atoms. The lowest BCUT2D eigenvalue weighted by atomic mass is 9.60. The van der Waals surface area contributed by atoms with Gasteiger partial charge < -0.3 is 4.74 Å². The van der Waals surface area contributed by atoms with E-state index in [2.05, 4.69) is 43.9 Å². The van der Waals surface area contributed by atoms with Crippen LogP contribution < -0.4 is 4.74 Å². The summed E-state index contributed by atoms with van der Waals surface area (Å²) in [6.07, 6.45) is 5.20. The molecule has 0 N–H and O–H groups in total. The molecule has 2 unspecified atom stereocenters. The van der Waals surface area contributed by atoms with Crippen molar-refractivity contribution < 1.29 is 4.74 Å². The Hall–Kier alpha value is -1.02. The Morgan fingerprint density at radius 3 is 2.86 bits per heavy atom. The van der Waals surface area contributed by atoms with E-state index >= 15 is 0 Å². The molecule has 2 aliphatic rings. The first-order valence-corrected chi connectivity index (χ1v) is 8.49. The summed E-state index contributed by atoms with van der Waals surface area (Å²) in [5.74, 6) is 1.78. The van der Waals surface area contributed by atoms with Gasteiger partial charge in [0.2, 0.25) is 0 Å². The van der Waals surface area contributed by atoms with Crippen LogP contribution in [0.1, 0.15) is 51.2 Å². The zero-order valence-electron chi connectivity index (χ0n) is 14.0. The molecule has 2 heteroatoms. The molecule has 2 atom stereocenters. The zero-order valence-corrected chi connectivity index (χ0v) is 14.0. The smallest absolute Gasteiger partial charge is 0.119 e. The molecule has 116 valence electrons. The molecule has 1 aromatic carbocycles. The number of benzene rings is 1. The quantitative estimate of drug-likeness (QED) is 0.832. The van der Waals surface area contributed by atoms with Crippen LogP contribution in [0, 0.1) is 5.92 Å². The van der Waals surface area contributed by atoms with Crippen molar-refractivity contribution in [2.24, 2.45) is 5.92 Å². The van der Waals surface area contributed by atoms with E-state index < -0.39 is 0 Å². The van der Waals surface area contributed by atoms with Crippen LogP contribution in [0.2, 0.25) is 0 Å². The molecular formula is C19H29NO. The number of piperidine rings is 1. The first-order valence-electron chi connectivity index (χ1n) is 8.49. The highest BCUT2D eigenvalue weighted by Crippen LogP contribution is 2.47. The number of methoxy groups -OCH3 is 1. The summed E-state index contributed by atoms with van der Waals surface area (Å²) in [6.45, 7) is 9.73. The third-order valence-corrected chi connectivity index (χ3v) is 5.77. The molecule has 2 nitrogen and oxygen atoms in total. The largest absolute Gasteiger partial charge is 0.497 e. The summed E-state index contributed by atoms with van der Waals surface area (Å²) >= 11 is 0. The maximum Gasteiger partial charge on any atom is 0.119 e. The van der Waals surface area contributed by atoms with Crippen LogP contribution >= 0.6 is 0 Å². The Morgan fingerprint density at radius 1 is 1.33 bits per heavy atom. The Bertz CT molecular complexity index is 506. The van der Waals surface area contributed by atoms with Gasteiger partial charge in [-0.1, -0.05) is 26.8 Å². The molecule has 0 bridgehead atoms. The normalized spacial score (nSPS) is 27.8. The molecule has 3 rings (SSSR count). The van der Waals surface area contributed by atoms with Crippen LogP contribution in [-0.2, 0) is 11.8 Å². The number of hydrogen-bond acceptors (Lipinski definition) is 2. The fourth-order valence-electron chi connectivity index (χ4n) is 4.69. The van der Waals surface area contributed by atoms with Gasteiger partial charge in [-0.3, -0.25) is 4.90 Å². The van der Waals surface area contributed by atoms with Gasteiger partial charge in [0, 0.05) is 6.04 Å². The van der Waals surface area contributed by atoms with Gasteiger partial charge in [-0.05, 0) is 73.4 Å². The van der Waals surface area contributed by atoms with E-state index in [1.54, 1.807) is 7.11 Å². The first-order chi connectivity index (χ1) is 10.1. The third-order valence-electron chi connectivity index (χ3n) is 5.77. The van der Waals surface area contributed by atoms with Crippen molar-refractivity contribution >= 4 is 0 Å². The lowest BCUT2D eigenvalue weighted by Crippen LogP contribution is -2.55. The minimum atomic E-state index is 0.249. The summed E-state index contributed by atoms with van der Waals surface area (Å²) in [6, 6.07) is 7.44. The van der Waals surface area contributed by atoms with Crippen LogP contribution in [0.15, 0.2) is 18.2 Å². The Kier molecular flexibility index (Phi) is 4.00. The van der Waals surface area contributed by atoms with E-state index in [0.717, 1.165) is 17.7 Å². The number of fused-ring (bicyclic) bond motifs is 2. The van der Waals surface area contributed by atoms with Gasteiger partial charge in [-0.15, -0.1) is 0 Å². The number of nitrogens with zero attached hydrogens (tertiary/aromatic N) is 1. The van der Waals surface area contributed by atoms with E-state index in [-0.39, 0.29) is 5.41 Å². The minimum absolute atomic E-state index is 0.249. The van der Waals surface area contributed by atoms with Crippen molar-refractivity contribution in [2.45, 2.75) is 57.9 Å². The number of rotatable bonds is 3. The highest BCUT2D eigenvalue weighted by Gasteiger charge is 2.45. The van der Waals surface area contributed by atoms with E-state index in [1.165, 1.54) is 49.9 Å². The van der Waals surface area contributed by atoms with E-state index in [9.17, 15) is 0 Å². The molecule has 0 saturated carbocycles. The van der Waals surface area contributed by atoms with Gasteiger partial charge in [0.05, 0.1) is 7.11 Å². The maximum atomic E-state index is 5.46. The van der Waals surface area contributed by atoms with Gasteiger partial charge >= 0.3 is 0 Å². The molecule has 0 aromatic heterocycles.